The molecule has 1 atom stereocenters. The van der Waals surface area contributed by atoms with Gasteiger partial charge in [-0.25, -0.2) is 5.01 Å². The molecule has 0 radical (unpaired) electrons. The van der Waals surface area contributed by atoms with Gasteiger partial charge in [0.05, 0.1) is 18.4 Å². The van der Waals surface area contributed by atoms with Crippen molar-refractivity contribution in [1.82, 2.24) is 10.4 Å². The maximum atomic E-state index is 12.5. The number of carboxylic acids is 1. The molecule has 2 heterocycles. The number of hydrazine groups is 1. The number of hydrogen-bond acceptors (Lipinski definition) is 4. The molecule has 6 heteroatoms. The van der Waals surface area contributed by atoms with Crippen LogP contribution in [-0.4, -0.2) is 22.0 Å². The Kier molecular flexibility index (Phi) is 4.88. The zero-order valence-corrected chi connectivity index (χ0v) is 13.9. The third kappa shape index (κ3) is 3.74. The van der Waals surface area contributed by atoms with E-state index in [0.29, 0.717) is 5.76 Å². The largest absolute Gasteiger partial charge is 0.481 e. The number of carbonyl (C=O) groups is 2. The molecule has 0 unspecified atom stereocenters. The molecule has 1 aliphatic heterocycles. The first kappa shape index (κ1) is 16.8. The van der Waals surface area contributed by atoms with Crippen molar-refractivity contribution in [1.29, 1.82) is 0 Å². The molecule has 1 aromatic heterocycles. The standard InChI is InChI=1S/C19H20N2O4/c1-2-13-5-7-14(8-6-13)15-12-16(17-4-3-11-25-17)21(20-15)18(22)9-10-19(23)24/h3-8,11-12,16,20H,2,9-10H2,1H3,(H,23,24)/t16-/m1/s1. The minimum atomic E-state index is -0.995. The number of aryl methyl sites for hydroxylation is 1. The molecule has 0 saturated heterocycles. The molecule has 0 aliphatic carbocycles. The number of benzene rings is 1. The van der Waals surface area contributed by atoms with Crippen LogP contribution in [0.2, 0.25) is 0 Å². The fourth-order valence-corrected chi connectivity index (χ4v) is 2.77. The Morgan fingerprint density at radius 1 is 1.20 bits per heavy atom. The van der Waals surface area contributed by atoms with Crippen molar-refractivity contribution in [3.05, 3.63) is 65.6 Å². The van der Waals surface area contributed by atoms with Gasteiger partial charge in [-0.2, -0.15) is 0 Å². The Balaban J connectivity index is 1.84. The van der Waals surface area contributed by atoms with E-state index in [1.807, 2.05) is 18.2 Å². The van der Waals surface area contributed by atoms with Gasteiger partial charge < -0.3 is 9.52 Å². The van der Waals surface area contributed by atoms with Crippen LogP contribution in [0.3, 0.4) is 0 Å². The number of nitrogens with zero attached hydrogens (tertiary/aromatic N) is 1. The molecule has 25 heavy (non-hydrogen) atoms. The summed E-state index contributed by atoms with van der Waals surface area (Å²) in [6.07, 6.45) is 4.15. The van der Waals surface area contributed by atoms with Crippen molar-refractivity contribution < 1.29 is 19.1 Å². The molecule has 0 spiro atoms. The van der Waals surface area contributed by atoms with Crippen LogP contribution in [0, 0.1) is 0 Å². The van der Waals surface area contributed by atoms with Gasteiger partial charge in [-0.15, -0.1) is 0 Å². The first-order valence-corrected chi connectivity index (χ1v) is 8.23. The van der Waals surface area contributed by atoms with Crippen LogP contribution < -0.4 is 5.43 Å². The predicted octanol–water partition coefficient (Wildman–Crippen LogP) is 3.14. The zero-order chi connectivity index (χ0) is 17.8. The Morgan fingerprint density at radius 2 is 1.96 bits per heavy atom. The van der Waals surface area contributed by atoms with Gasteiger partial charge in [0.15, 0.2) is 0 Å². The molecule has 1 aromatic carbocycles. The molecule has 130 valence electrons. The Morgan fingerprint density at radius 3 is 2.56 bits per heavy atom. The highest BCUT2D eigenvalue weighted by Crippen LogP contribution is 2.32. The van der Waals surface area contributed by atoms with E-state index >= 15 is 0 Å². The first-order valence-electron chi connectivity index (χ1n) is 8.23. The van der Waals surface area contributed by atoms with Crippen molar-refractivity contribution in [3.8, 4) is 0 Å². The topological polar surface area (TPSA) is 82.8 Å². The molecule has 0 fully saturated rings. The first-order chi connectivity index (χ1) is 12.1. The summed E-state index contributed by atoms with van der Waals surface area (Å²) in [6, 6.07) is 11.3. The molecule has 3 rings (SSSR count). The summed E-state index contributed by atoms with van der Waals surface area (Å²) in [5, 5.41) is 10.2. The normalized spacial score (nSPS) is 16.4. The summed E-state index contributed by atoms with van der Waals surface area (Å²) in [5.74, 6) is -0.665. The van der Waals surface area contributed by atoms with Gasteiger partial charge in [-0.05, 0) is 35.8 Å². The van der Waals surface area contributed by atoms with Gasteiger partial charge in [0.25, 0.3) is 0 Å². The SMILES string of the molecule is CCc1ccc(C2=C[C@H](c3ccco3)N(C(=O)CCC(=O)O)N2)cc1. The maximum absolute atomic E-state index is 12.5. The van der Waals surface area contributed by atoms with Crippen LogP contribution in [0.4, 0.5) is 0 Å². The fourth-order valence-electron chi connectivity index (χ4n) is 2.77. The van der Waals surface area contributed by atoms with Crippen LogP contribution >= 0.6 is 0 Å². The third-order valence-electron chi connectivity index (χ3n) is 4.17. The van der Waals surface area contributed by atoms with E-state index in [0.717, 1.165) is 17.7 Å². The van der Waals surface area contributed by atoms with E-state index in [4.69, 9.17) is 9.52 Å². The molecule has 2 aromatic rings. The molecular formula is C19H20N2O4. The number of furan rings is 1. The summed E-state index contributed by atoms with van der Waals surface area (Å²) in [6.45, 7) is 2.10. The van der Waals surface area contributed by atoms with Gasteiger partial charge in [0, 0.05) is 6.42 Å². The second kappa shape index (κ2) is 7.25. The number of hydrogen-bond donors (Lipinski definition) is 2. The van der Waals surface area contributed by atoms with E-state index < -0.39 is 12.0 Å². The predicted molar refractivity (Wildman–Crippen MR) is 92.1 cm³/mol. The van der Waals surface area contributed by atoms with E-state index in [1.54, 1.807) is 18.4 Å². The molecule has 6 nitrogen and oxygen atoms in total. The second-order valence-corrected chi connectivity index (χ2v) is 5.86. The lowest BCUT2D eigenvalue weighted by molar-refractivity contribution is -0.142. The minimum absolute atomic E-state index is 0.0740. The van der Waals surface area contributed by atoms with Gasteiger partial charge in [-0.3, -0.25) is 15.0 Å². The van der Waals surface area contributed by atoms with Crippen molar-refractivity contribution in [2.24, 2.45) is 0 Å². The molecule has 2 N–H and O–H groups in total. The summed E-state index contributed by atoms with van der Waals surface area (Å²) in [7, 11) is 0. The number of carboxylic acid groups (broad SMARTS) is 1. The lowest BCUT2D eigenvalue weighted by atomic mass is 10.1. The number of carbonyl (C=O) groups excluding carboxylic acids is 1. The highest BCUT2D eigenvalue weighted by Gasteiger charge is 2.32. The summed E-state index contributed by atoms with van der Waals surface area (Å²) in [5.41, 5.74) is 6.09. The highest BCUT2D eigenvalue weighted by molar-refractivity contribution is 5.83. The van der Waals surface area contributed by atoms with Gasteiger partial charge >= 0.3 is 5.97 Å². The van der Waals surface area contributed by atoms with Crippen LogP contribution in [0.15, 0.2) is 53.2 Å². The fraction of sp³-hybridized carbons (Fsp3) is 0.263. The van der Waals surface area contributed by atoms with Crippen molar-refractivity contribution >= 4 is 17.6 Å². The third-order valence-corrected chi connectivity index (χ3v) is 4.17. The summed E-state index contributed by atoms with van der Waals surface area (Å²) < 4.78 is 5.45. The van der Waals surface area contributed by atoms with Crippen molar-refractivity contribution in [2.45, 2.75) is 32.2 Å². The minimum Gasteiger partial charge on any atom is -0.481 e. The Bertz CT molecular complexity index is 778. The Labute approximate surface area is 145 Å². The Hall–Kier alpha value is -3.02. The van der Waals surface area contributed by atoms with E-state index in [2.05, 4.69) is 24.5 Å². The maximum Gasteiger partial charge on any atom is 0.303 e. The van der Waals surface area contributed by atoms with Crippen LogP contribution in [-0.2, 0) is 16.0 Å². The van der Waals surface area contributed by atoms with Crippen LogP contribution in [0.1, 0.15) is 42.7 Å². The zero-order valence-electron chi connectivity index (χ0n) is 13.9. The van der Waals surface area contributed by atoms with Crippen LogP contribution in [0.5, 0.6) is 0 Å². The molecule has 1 amide bonds. The van der Waals surface area contributed by atoms with E-state index in [1.165, 1.54) is 10.6 Å². The summed E-state index contributed by atoms with van der Waals surface area (Å²) in [4.78, 5) is 23.2. The highest BCUT2D eigenvalue weighted by atomic mass is 16.4. The average molecular weight is 340 g/mol. The number of aliphatic carboxylic acids is 1. The lowest BCUT2D eigenvalue weighted by Crippen LogP contribution is -2.39. The number of nitrogens with one attached hydrogen (secondary N) is 1. The van der Waals surface area contributed by atoms with E-state index in [9.17, 15) is 9.59 Å². The van der Waals surface area contributed by atoms with Gasteiger partial charge in [0.1, 0.15) is 11.8 Å². The number of amides is 1. The van der Waals surface area contributed by atoms with Gasteiger partial charge in [-0.1, -0.05) is 31.2 Å². The molecular weight excluding hydrogens is 320 g/mol. The lowest BCUT2D eigenvalue weighted by Gasteiger charge is -2.23. The quantitative estimate of drug-likeness (QED) is 0.844. The van der Waals surface area contributed by atoms with E-state index in [-0.39, 0.29) is 18.7 Å². The molecule has 1 aliphatic rings. The van der Waals surface area contributed by atoms with Crippen LogP contribution in [0.25, 0.3) is 5.70 Å². The van der Waals surface area contributed by atoms with Crippen molar-refractivity contribution in [2.75, 3.05) is 0 Å². The average Bonchev–Trinajstić information content (AvgIpc) is 3.29. The monoisotopic (exact) mass is 340 g/mol. The number of rotatable bonds is 6. The molecule has 0 bridgehead atoms. The van der Waals surface area contributed by atoms with Gasteiger partial charge in [0.2, 0.25) is 5.91 Å². The summed E-state index contributed by atoms with van der Waals surface area (Å²) >= 11 is 0. The second-order valence-electron chi connectivity index (χ2n) is 5.86. The smallest absolute Gasteiger partial charge is 0.303 e. The molecule has 0 saturated carbocycles. The van der Waals surface area contributed by atoms with Crippen molar-refractivity contribution in [3.63, 3.8) is 0 Å².